The highest BCUT2D eigenvalue weighted by Crippen LogP contribution is 2.24. The van der Waals surface area contributed by atoms with Gasteiger partial charge in [-0.3, -0.25) is 9.69 Å². The van der Waals surface area contributed by atoms with Crippen molar-refractivity contribution in [1.29, 1.82) is 0 Å². The number of aryl methyl sites for hydroxylation is 1. The fourth-order valence-electron chi connectivity index (χ4n) is 4.18. The fraction of sp³-hybridized carbons (Fsp3) is 0.320. The first-order valence-electron chi connectivity index (χ1n) is 11.3. The number of hydrogen-bond donors (Lipinski definition) is 1. The van der Waals surface area contributed by atoms with Crippen LogP contribution in [0, 0.1) is 5.82 Å². The number of carbonyl (C=O) groups is 1. The maximum absolute atomic E-state index is 13.1. The van der Waals surface area contributed by atoms with Gasteiger partial charge in [0.25, 0.3) is 0 Å². The molecule has 0 unspecified atom stereocenters. The molecule has 5 rings (SSSR count). The molecule has 3 heterocycles. The number of carbonyl (C=O) groups excluding carboxylic acids is 1. The molecule has 1 aliphatic rings. The Labute approximate surface area is 196 Å². The van der Waals surface area contributed by atoms with Gasteiger partial charge in [-0.25, -0.2) is 14.4 Å². The van der Waals surface area contributed by atoms with Crippen molar-refractivity contribution < 1.29 is 9.18 Å². The van der Waals surface area contributed by atoms with Gasteiger partial charge in [-0.2, -0.15) is 0 Å². The highest BCUT2D eigenvalue weighted by atomic mass is 32.1. The average Bonchev–Trinajstić information content (AvgIpc) is 3.46. The van der Waals surface area contributed by atoms with Gasteiger partial charge in [-0.15, -0.1) is 11.3 Å². The molecule has 0 aliphatic carbocycles. The molecule has 6 nitrogen and oxygen atoms in total. The Bertz CT molecular complexity index is 1190. The number of thiazole rings is 1. The quantitative estimate of drug-likeness (QED) is 0.439. The zero-order chi connectivity index (χ0) is 22.6. The molecule has 0 spiro atoms. The predicted molar refractivity (Wildman–Crippen MR) is 128 cm³/mol. The van der Waals surface area contributed by atoms with Crippen molar-refractivity contribution in [2.45, 2.75) is 25.8 Å². The molecule has 1 fully saturated rings. The molecule has 2 aromatic heterocycles. The summed E-state index contributed by atoms with van der Waals surface area (Å²) in [4.78, 5) is 29.6. The number of rotatable bonds is 7. The number of nitrogens with one attached hydrogen (secondary N) is 1. The molecule has 0 bridgehead atoms. The van der Waals surface area contributed by atoms with Crippen LogP contribution >= 0.6 is 11.3 Å². The van der Waals surface area contributed by atoms with Gasteiger partial charge in [0, 0.05) is 56.5 Å². The van der Waals surface area contributed by atoms with Crippen LogP contribution in [0.5, 0.6) is 0 Å². The van der Waals surface area contributed by atoms with Crippen molar-refractivity contribution in [3.63, 3.8) is 0 Å². The van der Waals surface area contributed by atoms with Crippen molar-refractivity contribution in [2.24, 2.45) is 0 Å². The lowest BCUT2D eigenvalue weighted by molar-refractivity contribution is -0.133. The monoisotopic (exact) mass is 463 g/mol. The summed E-state index contributed by atoms with van der Waals surface area (Å²) in [5, 5.41) is 2.97. The second kappa shape index (κ2) is 9.80. The summed E-state index contributed by atoms with van der Waals surface area (Å²) in [5.41, 5.74) is 3.97. The molecule has 0 atom stereocenters. The maximum atomic E-state index is 13.1. The standard InChI is InChI=1S/C25H26FN5OS/c26-19-10-8-18(9-11-19)25-27-20(17-33-25)16-30-12-14-31(15-13-30)24(32)7-3-6-23-28-21-4-1-2-5-22(21)29-23/h1-2,4-5,8-11,17H,3,6-7,12-16H2,(H,28,29). The van der Waals surface area contributed by atoms with Gasteiger partial charge >= 0.3 is 0 Å². The van der Waals surface area contributed by atoms with E-state index in [1.165, 1.54) is 12.1 Å². The zero-order valence-corrected chi connectivity index (χ0v) is 19.2. The molecule has 2 aromatic carbocycles. The van der Waals surface area contributed by atoms with Crippen molar-refractivity contribution in [1.82, 2.24) is 24.8 Å². The third-order valence-electron chi connectivity index (χ3n) is 6.00. The molecule has 1 N–H and O–H groups in total. The number of aromatic amines is 1. The Balaban J connectivity index is 1.06. The van der Waals surface area contributed by atoms with E-state index in [2.05, 4.69) is 20.2 Å². The van der Waals surface area contributed by atoms with Crippen molar-refractivity contribution in [2.75, 3.05) is 26.2 Å². The summed E-state index contributed by atoms with van der Waals surface area (Å²) in [6.07, 6.45) is 2.12. The van der Waals surface area contributed by atoms with E-state index in [9.17, 15) is 9.18 Å². The normalized spacial score (nSPS) is 14.8. The number of nitrogens with zero attached hydrogens (tertiary/aromatic N) is 4. The van der Waals surface area contributed by atoms with Crippen LogP contribution in [-0.4, -0.2) is 56.8 Å². The molecule has 8 heteroatoms. The number of halogens is 1. The molecule has 1 saturated heterocycles. The molecule has 0 radical (unpaired) electrons. The number of benzene rings is 2. The van der Waals surface area contributed by atoms with E-state index < -0.39 is 0 Å². The number of hydrogen-bond acceptors (Lipinski definition) is 5. The average molecular weight is 464 g/mol. The van der Waals surface area contributed by atoms with Crippen molar-refractivity contribution in [3.05, 3.63) is 71.2 Å². The minimum atomic E-state index is -0.238. The number of piperazine rings is 1. The summed E-state index contributed by atoms with van der Waals surface area (Å²) < 4.78 is 13.1. The molecular weight excluding hydrogens is 437 g/mol. The first kappa shape index (κ1) is 21.7. The Kier molecular flexibility index (Phi) is 6.46. The minimum absolute atomic E-state index is 0.220. The van der Waals surface area contributed by atoms with Gasteiger partial charge in [0.05, 0.1) is 16.7 Å². The van der Waals surface area contributed by atoms with Crippen LogP contribution < -0.4 is 0 Å². The van der Waals surface area contributed by atoms with Crippen LogP contribution in [0.25, 0.3) is 21.6 Å². The summed E-state index contributed by atoms with van der Waals surface area (Å²) in [5.74, 6) is 0.924. The van der Waals surface area contributed by atoms with E-state index >= 15 is 0 Å². The number of fused-ring (bicyclic) bond motifs is 1. The summed E-state index contributed by atoms with van der Waals surface area (Å²) in [7, 11) is 0. The largest absolute Gasteiger partial charge is 0.342 e. The third-order valence-corrected chi connectivity index (χ3v) is 6.94. The number of para-hydroxylation sites is 2. The predicted octanol–water partition coefficient (Wildman–Crippen LogP) is 4.49. The summed E-state index contributed by atoms with van der Waals surface area (Å²) in [6.45, 7) is 3.96. The Hall–Kier alpha value is -3.10. The Morgan fingerprint density at radius 1 is 1.03 bits per heavy atom. The first-order valence-corrected chi connectivity index (χ1v) is 12.2. The maximum Gasteiger partial charge on any atom is 0.222 e. The van der Waals surface area contributed by atoms with E-state index in [1.807, 2.05) is 29.2 Å². The van der Waals surface area contributed by atoms with Crippen LogP contribution in [-0.2, 0) is 17.8 Å². The number of imidazole rings is 1. The molecular formula is C25H26FN5OS. The minimum Gasteiger partial charge on any atom is -0.342 e. The summed E-state index contributed by atoms with van der Waals surface area (Å²) in [6, 6.07) is 14.4. The third kappa shape index (κ3) is 5.29. The van der Waals surface area contributed by atoms with Crippen LogP contribution in [0.1, 0.15) is 24.4 Å². The van der Waals surface area contributed by atoms with Crippen LogP contribution in [0.3, 0.4) is 0 Å². The van der Waals surface area contributed by atoms with E-state index in [-0.39, 0.29) is 11.7 Å². The zero-order valence-electron chi connectivity index (χ0n) is 18.3. The van der Waals surface area contributed by atoms with Gasteiger partial charge in [-0.1, -0.05) is 12.1 Å². The lowest BCUT2D eigenvalue weighted by Crippen LogP contribution is -2.48. The smallest absolute Gasteiger partial charge is 0.222 e. The van der Waals surface area contributed by atoms with E-state index in [0.717, 1.165) is 78.7 Å². The van der Waals surface area contributed by atoms with Crippen molar-refractivity contribution >= 4 is 28.3 Å². The molecule has 0 saturated carbocycles. The van der Waals surface area contributed by atoms with Crippen LogP contribution in [0.2, 0.25) is 0 Å². The second-order valence-electron chi connectivity index (χ2n) is 8.36. The molecule has 33 heavy (non-hydrogen) atoms. The van der Waals surface area contributed by atoms with Gasteiger partial charge in [-0.05, 0) is 42.8 Å². The SMILES string of the molecule is O=C(CCCc1nc2ccccc2[nH]1)N1CCN(Cc2csc(-c3ccc(F)cc3)n2)CC1. The Morgan fingerprint density at radius 2 is 1.82 bits per heavy atom. The fourth-order valence-corrected chi connectivity index (χ4v) is 5.00. The number of amides is 1. The van der Waals surface area contributed by atoms with Gasteiger partial charge in [0.1, 0.15) is 16.6 Å². The summed E-state index contributed by atoms with van der Waals surface area (Å²) >= 11 is 1.58. The molecule has 1 aliphatic heterocycles. The topological polar surface area (TPSA) is 65.1 Å². The van der Waals surface area contributed by atoms with Gasteiger partial charge in [0.2, 0.25) is 5.91 Å². The van der Waals surface area contributed by atoms with E-state index in [1.54, 1.807) is 23.5 Å². The number of H-pyrrole nitrogens is 1. The van der Waals surface area contributed by atoms with Crippen molar-refractivity contribution in [3.8, 4) is 10.6 Å². The highest BCUT2D eigenvalue weighted by molar-refractivity contribution is 7.13. The lowest BCUT2D eigenvalue weighted by Gasteiger charge is -2.34. The molecule has 1 amide bonds. The van der Waals surface area contributed by atoms with Crippen LogP contribution in [0.4, 0.5) is 4.39 Å². The van der Waals surface area contributed by atoms with Crippen LogP contribution in [0.15, 0.2) is 53.9 Å². The second-order valence-corrected chi connectivity index (χ2v) is 9.22. The molecule has 4 aromatic rings. The van der Waals surface area contributed by atoms with E-state index in [4.69, 9.17) is 4.98 Å². The highest BCUT2D eigenvalue weighted by Gasteiger charge is 2.21. The Morgan fingerprint density at radius 3 is 2.61 bits per heavy atom. The molecule has 170 valence electrons. The van der Waals surface area contributed by atoms with E-state index in [0.29, 0.717) is 6.42 Å². The lowest BCUT2D eigenvalue weighted by atomic mass is 10.2. The van der Waals surface area contributed by atoms with Gasteiger partial charge < -0.3 is 9.88 Å². The van der Waals surface area contributed by atoms with Gasteiger partial charge in [0.15, 0.2) is 0 Å². The first-order chi connectivity index (χ1) is 16.1. The number of aromatic nitrogens is 3.